The minimum Gasteiger partial charge on any atom is -0.462 e. The molecule has 7 heteroatoms. The second-order valence-corrected chi connectivity index (χ2v) is 3.58. The van der Waals surface area contributed by atoms with E-state index in [0.29, 0.717) is 11.4 Å². The number of fused-ring (bicyclic) bond motifs is 1. The SMILES string of the molecule is CCOC(=O)/C(C#N)=C1\Nc2cnccc2NC1=O. The Morgan fingerprint density at radius 3 is 2.95 bits per heavy atom. The minimum atomic E-state index is -0.838. The minimum absolute atomic E-state index is 0.122. The summed E-state index contributed by atoms with van der Waals surface area (Å²) in [6, 6.07) is 3.28. The molecule has 0 bridgehead atoms. The van der Waals surface area contributed by atoms with Crippen molar-refractivity contribution < 1.29 is 14.3 Å². The summed E-state index contributed by atoms with van der Waals surface area (Å²) in [5, 5.41) is 14.3. The highest BCUT2D eigenvalue weighted by Gasteiger charge is 2.27. The van der Waals surface area contributed by atoms with Gasteiger partial charge in [-0.3, -0.25) is 9.78 Å². The van der Waals surface area contributed by atoms with Crippen LogP contribution in [0.15, 0.2) is 29.7 Å². The summed E-state index contributed by atoms with van der Waals surface area (Å²) < 4.78 is 4.73. The van der Waals surface area contributed by atoms with Crippen molar-refractivity contribution in [2.75, 3.05) is 17.2 Å². The van der Waals surface area contributed by atoms with Gasteiger partial charge in [-0.05, 0) is 13.0 Å². The molecular weight excluding hydrogens is 248 g/mol. The Bertz CT molecular complexity index is 616. The summed E-state index contributed by atoms with van der Waals surface area (Å²) in [7, 11) is 0. The van der Waals surface area contributed by atoms with Gasteiger partial charge in [0, 0.05) is 6.20 Å². The number of ether oxygens (including phenoxy) is 1. The molecule has 0 fully saturated rings. The molecule has 1 aromatic heterocycles. The van der Waals surface area contributed by atoms with Crippen molar-refractivity contribution in [3.63, 3.8) is 0 Å². The molecule has 19 heavy (non-hydrogen) atoms. The van der Waals surface area contributed by atoms with Gasteiger partial charge in [0.15, 0.2) is 5.57 Å². The van der Waals surface area contributed by atoms with Gasteiger partial charge in [-0.2, -0.15) is 5.26 Å². The molecule has 2 N–H and O–H groups in total. The lowest BCUT2D eigenvalue weighted by molar-refractivity contribution is -0.138. The van der Waals surface area contributed by atoms with Crippen molar-refractivity contribution in [2.45, 2.75) is 6.92 Å². The molecule has 2 heterocycles. The van der Waals surface area contributed by atoms with Crippen LogP contribution in [0.4, 0.5) is 11.4 Å². The third-order valence-electron chi connectivity index (χ3n) is 2.40. The van der Waals surface area contributed by atoms with Crippen LogP contribution in [0.1, 0.15) is 6.92 Å². The zero-order valence-corrected chi connectivity index (χ0v) is 10.1. The predicted molar refractivity (Wildman–Crippen MR) is 65.8 cm³/mol. The number of nitriles is 1. The number of carbonyl (C=O) groups excluding carboxylic acids is 2. The van der Waals surface area contributed by atoms with Crippen molar-refractivity contribution in [1.29, 1.82) is 5.26 Å². The van der Waals surface area contributed by atoms with Gasteiger partial charge in [0.1, 0.15) is 11.8 Å². The number of hydrogen-bond acceptors (Lipinski definition) is 6. The van der Waals surface area contributed by atoms with Crippen LogP contribution in [-0.2, 0) is 14.3 Å². The molecule has 0 aliphatic carbocycles. The van der Waals surface area contributed by atoms with Gasteiger partial charge in [-0.15, -0.1) is 0 Å². The van der Waals surface area contributed by atoms with Gasteiger partial charge in [0.05, 0.1) is 24.2 Å². The summed E-state index contributed by atoms with van der Waals surface area (Å²) in [4.78, 5) is 27.3. The lowest BCUT2D eigenvalue weighted by Gasteiger charge is -2.20. The first kappa shape index (κ1) is 12.6. The normalized spacial score (nSPS) is 15.5. The van der Waals surface area contributed by atoms with E-state index in [9.17, 15) is 9.59 Å². The topological polar surface area (TPSA) is 104 Å². The summed E-state index contributed by atoms with van der Waals surface area (Å²) in [6.45, 7) is 1.74. The first-order valence-electron chi connectivity index (χ1n) is 5.51. The highest BCUT2D eigenvalue weighted by Crippen LogP contribution is 2.27. The lowest BCUT2D eigenvalue weighted by atomic mass is 10.1. The second kappa shape index (κ2) is 5.18. The standard InChI is InChI=1S/C12H10N4O3/c1-2-19-12(18)7(5-13)10-11(17)16-8-3-4-14-6-9(8)15-10/h3-4,6,15H,2H2,1H3,(H,16,17)/b10-7-. The molecule has 1 aliphatic heterocycles. The number of rotatable bonds is 2. The summed E-state index contributed by atoms with van der Waals surface area (Å²) in [6.07, 6.45) is 3.00. The number of amides is 1. The van der Waals surface area contributed by atoms with Gasteiger partial charge in [-0.1, -0.05) is 0 Å². The van der Waals surface area contributed by atoms with E-state index in [4.69, 9.17) is 10.00 Å². The Morgan fingerprint density at radius 2 is 2.26 bits per heavy atom. The number of esters is 1. The smallest absolute Gasteiger partial charge is 0.351 e. The maximum atomic E-state index is 11.9. The molecule has 0 radical (unpaired) electrons. The van der Waals surface area contributed by atoms with Gasteiger partial charge in [0.2, 0.25) is 0 Å². The monoisotopic (exact) mass is 258 g/mol. The maximum Gasteiger partial charge on any atom is 0.351 e. The van der Waals surface area contributed by atoms with Crippen LogP contribution in [0.2, 0.25) is 0 Å². The summed E-state index contributed by atoms with van der Waals surface area (Å²) in [5.41, 5.74) is 0.536. The molecule has 7 nitrogen and oxygen atoms in total. The summed E-state index contributed by atoms with van der Waals surface area (Å²) >= 11 is 0. The number of anilines is 2. The molecule has 0 atom stereocenters. The highest BCUT2D eigenvalue weighted by molar-refractivity contribution is 6.15. The van der Waals surface area contributed by atoms with E-state index in [2.05, 4.69) is 15.6 Å². The average molecular weight is 258 g/mol. The fraction of sp³-hybridized carbons (Fsp3) is 0.167. The molecule has 0 saturated heterocycles. The van der Waals surface area contributed by atoms with Crippen molar-refractivity contribution in [2.24, 2.45) is 0 Å². The number of nitrogens with zero attached hydrogens (tertiary/aromatic N) is 2. The van der Waals surface area contributed by atoms with Gasteiger partial charge >= 0.3 is 5.97 Å². The highest BCUT2D eigenvalue weighted by atomic mass is 16.5. The quantitative estimate of drug-likeness (QED) is 0.461. The van der Waals surface area contributed by atoms with Crippen molar-refractivity contribution in [3.8, 4) is 6.07 Å². The third kappa shape index (κ3) is 2.37. The van der Waals surface area contributed by atoms with E-state index in [1.54, 1.807) is 19.1 Å². The fourth-order valence-corrected chi connectivity index (χ4v) is 1.56. The predicted octanol–water partition coefficient (Wildman–Crippen LogP) is 0.786. The van der Waals surface area contributed by atoms with Gasteiger partial charge < -0.3 is 15.4 Å². The molecule has 1 amide bonds. The fourth-order valence-electron chi connectivity index (χ4n) is 1.56. The largest absolute Gasteiger partial charge is 0.462 e. The molecule has 1 aliphatic rings. The van der Waals surface area contributed by atoms with Gasteiger partial charge in [-0.25, -0.2) is 4.79 Å². The molecule has 2 rings (SSSR count). The van der Waals surface area contributed by atoms with E-state index < -0.39 is 11.9 Å². The Labute approximate surface area is 108 Å². The average Bonchev–Trinajstić information content (AvgIpc) is 2.40. The number of aromatic nitrogens is 1. The second-order valence-electron chi connectivity index (χ2n) is 3.58. The van der Waals surface area contributed by atoms with Crippen LogP contribution in [0.5, 0.6) is 0 Å². The van der Waals surface area contributed by atoms with Crippen LogP contribution in [-0.4, -0.2) is 23.5 Å². The van der Waals surface area contributed by atoms with E-state index >= 15 is 0 Å². The van der Waals surface area contributed by atoms with Crippen molar-refractivity contribution >= 4 is 23.3 Å². The van der Waals surface area contributed by atoms with Crippen LogP contribution in [0.3, 0.4) is 0 Å². The first-order chi connectivity index (χ1) is 9.17. The lowest BCUT2D eigenvalue weighted by Crippen LogP contribution is -2.29. The zero-order valence-electron chi connectivity index (χ0n) is 10.1. The number of hydrogen-bond donors (Lipinski definition) is 2. The molecule has 1 aromatic rings. The first-order valence-corrected chi connectivity index (χ1v) is 5.51. The van der Waals surface area contributed by atoms with Crippen LogP contribution in [0.25, 0.3) is 0 Å². The molecule has 0 aromatic carbocycles. The van der Waals surface area contributed by atoms with E-state index in [1.807, 2.05) is 0 Å². The molecule has 96 valence electrons. The maximum absolute atomic E-state index is 11.9. The molecule has 0 spiro atoms. The molecule has 0 saturated carbocycles. The van der Waals surface area contributed by atoms with E-state index in [-0.39, 0.29) is 17.9 Å². The molecular formula is C12H10N4O3. The Hall–Kier alpha value is -2.88. The number of nitrogens with one attached hydrogen (secondary N) is 2. The van der Waals surface area contributed by atoms with Crippen LogP contribution in [0, 0.1) is 11.3 Å². The van der Waals surface area contributed by atoms with Crippen LogP contribution < -0.4 is 10.6 Å². The summed E-state index contributed by atoms with van der Waals surface area (Å²) in [5.74, 6) is -1.40. The number of carbonyl (C=O) groups is 2. The third-order valence-corrected chi connectivity index (χ3v) is 2.40. The van der Waals surface area contributed by atoms with Crippen LogP contribution >= 0.6 is 0 Å². The van der Waals surface area contributed by atoms with E-state index in [1.165, 1.54) is 12.4 Å². The number of pyridine rings is 1. The Kier molecular flexibility index (Phi) is 3.43. The molecule has 0 unspecified atom stereocenters. The Balaban J connectivity index is 2.43. The van der Waals surface area contributed by atoms with Crippen molar-refractivity contribution in [1.82, 2.24) is 4.98 Å². The van der Waals surface area contributed by atoms with Crippen molar-refractivity contribution in [3.05, 3.63) is 29.7 Å². The zero-order chi connectivity index (χ0) is 13.8. The van der Waals surface area contributed by atoms with Gasteiger partial charge in [0.25, 0.3) is 5.91 Å². The Morgan fingerprint density at radius 1 is 1.47 bits per heavy atom. The van der Waals surface area contributed by atoms with E-state index in [0.717, 1.165) is 0 Å².